The van der Waals surface area contributed by atoms with Gasteiger partial charge in [0.05, 0.1) is 0 Å². The van der Waals surface area contributed by atoms with Crippen molar-refractivity contribution in [2.75, 3.05) is 7.05 Å². The molecule has 5 bridgehead atoms. The second-order valence-electron chi connectivity index (χ2n) is 7.35. The number of fused-ring (bicyclic) bond motifs is 1. The molecule has 4 aliphatic rings. The van der Waals surface area contributed by atoms with Crippen molar-refractivity contribution in [2.24, 2.45) is 11.3 Å². The summed E-state index contributed by atoms with van der Waals surface area (Å²) in [5.74, 6) is 0.689. The van der Waals surface area contributed by atoms with Gasteiger partial charge in [0.2, 0.25) is 0 Å². The van der Waals surface area contributed by atoms with E-state index in [2.05, 4.69) is 37.2 Å². The van der Waals surface area contributed by atoms with E-state index in [1.807, 2.05) is 12.4 Å². The van der Waals surface area contributed by atoms with Crippen molar-refractivity contribution in [1.82, 2.24) is 10.2 Å². The van der Waals surface area contributed by atoms with Gasteiger partial charge in [0.1, 0.15) is 0 Å². The summed E-state index contributed by atoms with van der Waals surface area (Å²) in [5.41, 5.74) is 6.52. The first kappa shape index (κ1) is 13.9. The predicted octanol–water partition coefficient (Wildman–Crippen LogP) is 3.28. The Morgan fingerprint density at radius 1 is 1.41 bits per heavy atom. The van der Waals surface area contributed by atoms with Crippen LogP contribution >= 0.6 is 0 Å². The van der Waals surface area contributed by atoms with Crippen molar-refractivity contribution < 1.29 is 4.79 Å². The monoisotopic (exact) mass is 296 g/mol. The third kappa shape index (κ3) is 1.54. The van der Waals surface area contributed by atoms with Crippen molar-refractivity contribution in [2.45, 2.75) is 46.1 Å². The Bertz CT molecular complexity index is 694. The van der Waals surface area contributed by atoms with Crippen LogP contribution in [0.3, 0.4) is 0 Å². The normalized spacial score (nSPS) is 39.8. The number of carbonyl (C=O) groups excluding carboxylic acids is 1. The lowest BCUT2D eigenvalue weighted by atomic mass is 9.65. The Labute approximate surface area is 132 Å². The molecule has 3 atom stereocenters. The van der Waals surface area contributed by atoms with Gasteiger partial charge in [-0.05, 0) is 49.5 Å². The average Bonchev–Trinajstić information content (AvgIpc) is 2.77. The van der Waals surface area contributed by atoms with E-state index in [-0.39, 0.29) is 11.2 Å². The number of allylic oxidation sites excluding steroid dienone is 5. The van der Waals surface area contributed by atoms with E-state index in [0.717, 1.165) is 24.8 Å². The minimum atomic E-state index is 0.0178. The molecule has 4 rings (SSSR count). The first-order valence-electron chi connectivity index (χ1n) is 8.29. The summed E-state index contributed by atoms with van der Waals surface area (Å²) in [6, 6.07) is 0.541. The fraction of sp³-hybridized carbons (Fsp3) is 0.526. The predicted molar refractivity (Wildman–Crippen MR) is 87.8 cm³/mol. The van der Waals surface area contributed by atoms with Crippen molar-refractivity contribution >= 4 is 5.78 Å². The third-order valence-electron chi connectivity index (χ3n) is 6.48. The zero-order valence-electron chi connectivity index (χ0n) is 13.9. The van der Waals surface area contributed by atoms with Gasteiger partial charge < -0.3 is 10.2 Å². The summed E-state index contributed by atoms with van der Waals surface area (Å²) in [4.78, 5) is 14.8. The summed E-state index contributed by atoms with van der Waals surface area (Å²) in [7, 11) is 2.24. The molecule has 0 spiro atoms. The van der Waals surface area contributed by atoms with Gasteiger partial charge in [-0.1, -0.05) is 25.5 Å². The van der Waals surface area contributed by atoms with Crippen LogP contribution in [0.15, 0.2) is 46.5 Å². The zero-order chi connectivity index (χ0) is 15.6. The van der Waals surface area contributed by atoms with Crippen LogP contribution in [0.1, 0.15) is 40.0 Å². The molecule has 0 fully saturated rings. The van der Waals surface area contributed by atoms with Gasteiger partial charge in [-0.25, -0.2) is 0 Å². The molecule has 0 saturated heterocycles. The first-order valence-corrected chi connectivity index (χ1v) is 8.29. The lowest BCUT2D eigenvalue weighted by Crippen LogP contribution is -2.43. The van der Waals surface area contributed by atoms with Crippen LogP contribution in [0.5, 0.6) is 0 Å². The summed E-state index contributed by atoms with van der Waals surface area (Å²) in [6.45, 7) is 6.42. The van der Waals surface area contributed by atoms with Crippen molar-refractivity contribution in [1.29, 1.82) is 0 Å². The number of likely N-dealkylation sites (tertiary alicyclic amines) is 1. The molecule has 3 unspecified atom stereocenters. The molecule has 0 saturated carbocycles. The fourth-order valence-corrected chi connectivity index (χ4v) is 5.01. The number of hydrogen-bond donors (Lipinski definition) is 1. The van der Waals surface area contributed by atoms with E-state index >= 15 is 0 Å². The van der Waals surface area contributed by atoms with Crippen LogP contribution in [-0.4, -0.2) is 23.8 Å². The van der Waals surface area contributed by atoms with Crippen molar-refractivity contribution in [3.05, 3.63) is 46.5 Å². The van der Waals surface area contributed by atoms with E-state index in [9.17, 15) is 4.79 Å². The van der Waals surface area contributed by atoms with E-state index in [0.29, 0.717) is 12.0 Å². The molecular formula is C19H24N2O. The van der Waals surface area contributed by atoms with Crippen LogP contribution in [0, 0.1) is 11.3 Å². The SMILES string of the molecule is CC(=O)/C1=C/N/C=C\C2(C)C3=C1C1=C(CC3)N(C)C(C1)C2C. The standard InChI is InChI=1S/C19H24N2O/c1-11-17-9-13-16(21(17)4)6-5-15-18(13)14(12(2)22)10-20-8-7-19(11,15)3/h7-8,10-11,17,20H,5-6,9H2,1-4H3/b8-7-,14-10-. The third-order valence-corrected chi connectivity index (χ3v) is 6.48. The molecule has 2 aliphatic heterocycles. The van der Waals surface area contributed by atoms with Gasteiger partial charge in [-0.15, -0.1) is 0 Å². The second-order valence-corrected chi connectivity index (χ2v) is 7.35. The largest absolute Gasteiger partial charge is 0.374 e. The van der Waals surface area contributed by atoms with E-state index in [1.54, 1.807) is 6.92 Å². The Hall–Kier alpha value is -1.77. The van der Waals surface area contributed by atoms with Gasteiger partial charge in [-0.2, -0.15) is 0 Å². The Morgan fingerprint density at radius 2 is 2.18 bits per heavy atom. The number of nitrogens with one attached hydrogen (secondary N) is 1. The number of carbonyl (C=O) groups is 1. The summed E-state index contributed by atoms with van der Waals surface area (Å²) in [6.07, 6.45) is 9.51. The minimum Gasteiger partial charge on any atom is -0.374 e. The van der Waals surface area contributed by atoms with Gasteiger partial charge in [-0.3, -0.25) is 4.79 Å². The molecule has 116 valence electrons. The van der Waals surface area contributed by atoms with Gasteiger partial charge >= 0.3 is 0 Å². The van der Waals surface area contributed by atoms with E-state index in [1.165, 1.54) is 22.4 Å². The highest BCUT2D eigenvalue weighted by Gasteiger charge is 2.50. The highest BCUT2D eigenvalue weighted by atomic mass is 16.1. The molecule has 0 aromatic carbocycles. The van der Waals surface area contributed by atoms with E-state index < -0.39 is 0 Å². The van der Waals surface area contributed by atoms with Crippen LogP contribution < -0.4 is 5.32 Å². The Balaban J connectivity index is 2.07. The molecule has 0 aromatic heterocycles. The Morgan fingerprint density at radius 3 is 2.91 bits per heavy atom. The number of hydrogen-bond acceptors (Lipinski definition) is 3. The second kappa shape index (κ2) is 4.37. The molecule has 22 heavy (non-hydrogen) atoms. The van der Waals surface area contributed by atoms with Crippen molar-refractivity contribution in [3.8, 4) is 0 Å². The number of rotatable bonds is 1. The van der Waals surface area contributed by atoms with Gasteiger partial charge in [0.25, 0.3) is 0 Å². The summed E-state index contributed by atoms with van der Waals surface area (Å²) >= 11 is 0. The van der Waals surface area contributed by atoms with E-state index in [4.69, 9.17) is 0 Å². The summed E-state index contributed by atoms with van der Waals surface area (Å²) in [5, 5.41) is 3.22. The minimum absolute atomic E-state index is 0.0178. The number of Topliss-reactive ketones (excluding diaryl/α,β-unsaturated/α-hetero) is 1. The highest BCUT2D eigenvalue weighted by molar-refractivity contribution is 5.99. The summed E-state index contributed by atoms with van der Waals surface area (Å²) < 4.78 is 0. The molecule has 3 nitrogen and oxygen atoms in total. The first-order chi connectivity index (χ1) is 10.4. The maximum Gasteiger partial charge on any atom is 0.161 e. The maximum absolute atomic E-state index is 12.3. The van der Waals surface area contributed by atoms with Crippen LogP contribution in [-0.2, 0) is 4.79 Å². The molecule has 2 heterocycles. The van der Waals surface area contributed by atoms with Crippen molar-refractivity contribution in [3.63, 3.8) is 0 Å². The molecule has 0 amide bonds. The quantitative estimate of drug-likeness (QED) is 0.806. The lowest BCUT2D eigenvalue weighted by molar-refractivity contribution is -0.113. The topological polar surface area (TPSA) is 32.3 Å². The molecule has 0 radical (unpaired) electrons. The maximum atomic E-state index is 12.3. The Kier molecular flexibility index (Phi) is 2.76. The zero-order valence-corrected chi connectivity index (χ0v) is 13.9. The van der Waals surface area contributed by atoms with Crippen LogP contribution in [0.2, 0.25) is 0 Å². The smallest absolute Gasteiger partial charge is 0.161 e. The number of nitrogens with zero attached hydrogens (tertiary/aromatic N) is 1. The molecular weight excluding hydrogens is 272 g/mol. The average molecular weight is 296 g/mol. The highest BCUT2D eigenvalue weighted by Crippen LogP contribution is 2.57. The van der Waals surface area contributed by atoms with Crippen LogP contribution in [0.4, 0.5) is 0 Å². The number of ketones is 1. The van der Waals surface area contributed by atoms with Crippen LogP contribution in [0.25, 0.3) is 0 Å². The lowest BCUT2D eigenvalue weighted by Gasteiger charge is -2.46. The fourth-order valence-electron chi connectivity index (χ4n) is 5.01. The molecule has 1 N–H and O–H groups in total. The van der Waals surface area contributed by atoms with Gasteiger partial charge in [0, 0.05) is 36.0 Å². The molecule has 0 aromatic rings. The molecule has 2 aliphatic carbocycles. The van der Waals surface area contributed by atoms with Gasteiger partial charge in [0.15, 0.2) is 5.78 Å². The molecule has 3 heteroatoms.